The van der Waals surface area contributed by atoms with Gasteiger partial charge in [-0.25, -0.2) is 9.37 Å². The minimum Gasteiger partial charge on any atom is -0.440 e. The number of nitrogens with zero attached hydrogens (tertiary/aromatic N) is 3. The molecule has 0 aliphatic carbocycles. The molecular weight excluding hydrogens is 407 g/mol. The van der Waals surface area contributed by atoms with E-state index in [2.05, 4.69) is 10.9 Å². The van der Waals surface area contributed by atoms with Crippen molar-refractivity contribution in [3.05, 3.63) is 65.3 Å². The summed E-state index contributed by atoms with van der Waals surface area (Å²) in [6.07, 6.45) is 8.71. The van der Waals surface area contributed by atoms with Gasteiger partial charge in [0.2, 0.25) is 5.89 Å². The molecule has 1 fully saturated rings. The maximum atomic E-state index is 14.3. The number of halogens is 1. The summed E-state index contributed by atoms with van der Waals surface area (Å²) in [4.78, 5) is 19.3. The van der Waals surface area contributed by atoms with Gasteiger partial charge in [-0.1, -0.05) is 18.1 Å². The lowest BCUT2D eigenvalue weighted by Crippen LogP contribution is -2.34. The minimum atomic E-state index is -0.634. The number of terminal acetylenes is 1. The first-order chi connectivity index (χ1) is 15.4. The number of carbonyl (C=O) groups excluding carboxylic acids is 1. The van der Waals surface area contributed by atoms with Gasteiger partial charge in [0.1, 0.15) is 17.6 Å². The molecule has 2 aromatic carbocycles. The number of carbonyl (C=O) groups is 1. The third-order valence-electron chi connectivity index (χ3n) is 5.54. The molecule has 3 aromatic rings. The van der Waals surface area contributed by atoms with E-state index in [1.807, 2.05) is 6.07 Å². The topological polar surface area (TPSA) is 96.2 Å². The Morgan fingerprint density at radius 3 is 2.84 bits per heavy atom. The van der Waals surface area contributed by atoms with Crippen molar-refractivity contribution in [1.29, 1.82) is 5.26 Å². The lowest BCUT2D eigenvalue weighted by atomic mass is 9.95. The van der Waals surface area contributed by atoms with Gasteiger partial charge in [0.25, 0.3) is 5.91 Å². The van der Waals surface area contributed by atoms with Gasteiger partial charge in [-0.15, -0.1) is 6.42 Å². The molecule has 1 saturated heterocycles. The zero-order valence-corrected chi connectivity index (χ0v) is 17.5. The largest absolute Gasteiger partial charge is 0.440 e. The summed E-state index contributed by atoms with van der Waals surface area (Å²) in [5, 5.41) is 9.50. The first kappa shape index (κ1) is 21.3. The number of amides is 1. The van der Waals surface area contributed by atoms with Crippen molar-refractivity contribution in [2.24, 2.45) is 5.73 Å². The van der Waals surface area contributed by atoms with Gasteiger partial charge in [-0.3, -0.25) is 4.79 Å². The zero-order valence-electron chi connectivity index (χ0n) is 17.5. The Balaban J connectivity index is 1.88. The molecule has 7 heteroatoms. The van der Waals surface area contributed by atoms with E-state index in [0.29, 0.717) is 34.6 Å². The van der Waals surface area contributed by atoms with Crippen molar-refractivity contribution in [2.75, 3.05) is 6.54 Å². The highest BCUT2D eigenvalue weighted by atomic mass is 19.1. The van der Waals surface area contributed by atoms with E-state index in [1.54, 1.807) is 36.1 Å². The fourth-order valence-corrected chi connectivity index (χ4v) is 3.89. The second-order valence-corrected chi connectivity index (χ2v) is 7.75. The first-order valence-electron chi connectivity index (χ1n) is 10.3. The van der Waals surface area contributed by atoms with Crippen molar-refractivity contribution in [2.45, 2.75) is 31.8 Å². The van der Waals surface area contributed by atoms with Crippen LogP contribution in [-0.2, 0) is 0 Å². The third kappa shape index (κ3) is 3.87. The fourth-order valence-electron chi connectivity index (χ4n) is 3.89. The van der Waals surface area contributed by atoms with Gasteiger partial charge in [0.15, 0.2) is 0 Å². The SMILES string of the molecule is C#CC1CCCN1C(=O)c1cc(-c2ncc(C(C)N)o2)cc(-c2cccc(F)c2C#N)c1. The van der Waals surface area contributed by atoms with Crippen LogP contribution < -0.4 is 5.73 Å². The maximum absolute atomic E-state index is 14.3. The lowest BCUT2D eigenvalue weighted by molar-refractivity contribution is 0.0766. The molecule has 1 aromatic heterocycles. The molecule has 0 bridgehead atoms. The molecular formula is C25H21FN4O2. The molecule has 2 N–H and O–H groups in total. The van der Waals surface area contributed by atoms with Gasteiger partial charge in [-0.2, -0.15) is 5.26 Å². The summed E-state index contributed by atoms with van der Waals surface area (Å²) in [6, 6.07) is 10.7. The summed E-state index contributed by atoms with van der Waals surface area (Å²) in [6.45, 7) is 2.33. The van der Waals surface area contributed by atoms with Gasteiger partial charge in [-0.05, 0) is 49.6 Å². The Hall–Kier alpha value is -3.94. The molecule has 0 saturated carbocycles. The van der Waals surface area contributed by atoms with E-state index in [-0.39, 0.29) is 29.4 Å². The Bertz CT molecular complexity index is 1270. The number of nitriles is 1. The second-order valence-electron chi connectivity index (χ2n) is 7.75. The van der Waals surface area contributed by atoms with Crippen LogP contribution in [0.15, 0.2) is 47.0 Å². The quantitative estimate of drug-likeness (QED) is 0.626. The predicted molar refractivity (Wildman–Crippen MR) is 118 cm³/mol. The molecule has 160 valence electrons. The maximum Gasteiger partial charge on any atom is 0.254 e. The molecule has 1 aliphatic rings. The molecule has 0 radical (unpaired) electrons. The van der Waals surface area contributed by atoms with Crippen LogP contribution >= 0.6 is 0 Å². The molecule has 1 aliphatic heterocycles. The first-order valence-corrected chi connectivity index (χ1v) is 10.3. The summed E-state index contributed by atoms with van der Waals surface area (Å²) in [5.74, 6) is 2.57. The van der Waals surface area contributed by atoms with E-state index in [9.17, 15) is 14.4 Å². The Morgan fingerprint density at radius 2 is 2.16 bits per heavy atom. The fraction of sp³-hybridized carbons (Fsp3) is 0.240. The van der Waals surface area contributed by atoms with E-state index in [1.165, 1.54) is 18.3 Å². The van der Waals surface area contributed by atoms with Crippen LogP contribution in [0, 0.1) is 29.5 Å². The van der Waals surface area contributed by atoms with E-state index < -0.39 is 5.82 Å². The van der Waals surface area contributed by atoms with Crippen LogP contribution in [0.5, 0.6) is 0 Å². The number of hydrogen-bond donors (Lipinski definition) is 1. The number of likely N-dealkylation sites (tertiary alicyclic amines) is 1. The van der Waals surface area contributed by atoms with E-state index in [4.69, 9.17) is 16.6 Å². The van der Waals surface area contributed by atoms with Crippen molar-refractivity contribution >= 4 is 5.91 Å². The van der Waals surface area contributed by atoms with Crippen LogP contribution in [0.2, 0.25) is 0 Å². The molecule has 32 heavy (non-hydrogen) atoms. The Morgan fingerprint density at radius 1 is 1.38 bits per heavy atom. The van der Waals surface area contributed by atoms with Gasteiger partial charge >= 0.3 is 0 Å². The van der Waals surface area contributed by atoms with Crippen LogP contribution in [0.1, 0.15) is 47.5 Å². The molecule has 0 spiro atoms. The van der Waals surface area contributed by atoms with Gasteiger partial charge in [0, 0.05) is 23.2 Å². The number of nitrogens with two attached hydrogens (primary N) is 1. The highest BCUT2D eigenvalue weighted by Gasteiger charge is 2.29. The standard InChI is InChI=1S/C25H21FN4O2/c1-3-19-6-5-9-30(19)25(31)18-11-16(20-7-4-8-22(26)21(20)13-27)10-17(12-18)24-29-14-23(32-24)15(2)28/h1,4,7-8,10-12,14-15,19H,5-6,9,28H2,2H3. The number of benzene rings is 2. The summed E-state index contributed by atoms with van der Waals surface area (Å²) in [5.41, 5.74) is 7.52. The summed E-state index contributed by atoms with van der Waals surface area (Å²) in [7, 11) is 0. The number of oxazole rings is 1. The van der Waals surface area contributed by atoms with Crippen molar-refractivity contribution in [3.63, 3.8) is 0 Å². The smallest absolute Gasteiger partial charge is 0.254 e. The summed E-state index contributed by atoms with van der Waals surface area (Å²) >= 11 is 0. The van der Waals surface area contributed by atoms with Crippen LogP contribution in [0.25, 0.3) is 22.6 Å². The van der Waals surface area contributed by atoms with Gasteiger partial charge in [0.05, 0.1) is 23.8 Å². The number of hydrogen-bond acceptors (Lipinski definition) is 5. The minimum absolute atomic E-state index is 0.102. The molecule has 2 atom stereocenters. The van der Waals surface area contributed by atoms with Crippen molar-refractivity contribution in [3.8, 4) is 41.0 Å². The normalized spacial score (nSPS) is 16.4. The van der Waals surface area contributed by atoms with Gasteiger partial charge < -0.3 is 15.1 Å². The van der Waals surface area contributed by atoms with Crippen molar-refractivity contribution in [1.82, 2.24) is 9.88 Å². The highest BCUT2D eigenvalue weighted by Crippen LogP contribution is 2.32. The Labute approximate surface area is 185 Å². The number of aromatic nitrogens is 1. The average molecular weight is 428 g/mol. The monoisotopic (exact) mass is 428 g/mol. The van der Waals surface area contributed by atoms with E-state index >= 15 is 0 Å². The van der Waals surface area contributed by atoms with Crippen molar-refractivity contribution < 1.29 is 13.6 Å². The van der Waals surface area contributed by atoms with Crippen LogP contribution in [0.3, 0.4) is 0 Å². The number of rotatable bonds is 4. The third-order valence-corrected chi connectivity index (χ3v) is 5.54. The molecule has 1 amide bonds. The lowest BCUT2D eigenvalue weighted by Gasteiger charge is -2.21. The zero-order chi connectivity index (χ0) is 22.8. The second kappa shape index (κ2) is 8.66. The molecule has 4 rings (SSSR count). The Kier molecular flexibility index (Phi) is 5.77. The molecule has 6 nitrogen and oxygen atoms in total. The van der Waals surface area contributed by atoms with E-state index in [0.717, 1.165) is 12.8 Å². The molecule has 2 unspecified atom stereocenters. The summed E-state index contributed by atoms with van der Waals surface area (Å²) < 4.78 is 20.1. The van der Waals surface area contributed by atoms with Crippen LogP contribution in [0.4, 0.5) is 4.39 Å². The predicted octanol–water partition coefficient (Wildman–Crippen LogP) is 4.28. The highest BCUT2D eigenvalue weighted by molar-refractivity contribution is 5.97. The average Bonchev–Trinajstić information content (AvgIpc) is 3.48. The molecule has 2 heterocycles. The van der Waals surface area contributed by atoms with Crippen LogP contribution in [-0.4, -0.2) is 28.4 Å².